The van der Waals surface area contributed by atoms with Crippen LogP contribution in [0, 0.1) is 6.92 Å². The first-order valence-corrected chi connectivity index (χ1v) is 12.3. The summed E-state index contributed by atoms with van der Waals surface area (Å²) in [7, 11) is -6.90. The third-order valence-corrected chi connectivity index (χ3v) is 9.48. The first-order valence-electron chi connectivity index (χ1n) is 8.06. The van der Waals surface area contributed by atoms with Crippen LogP contribution in [0.1, 0.15) is 27.7 Å². The molecule has 0 aliphatic carbocycles. The second-order valence-electron chi connectivity index (χ2n) is 6.30. The number of sulfone groups is 1. The van der Waals surface area contributed by atoms with Crippen LogP contribution in [0.2, 0.25) is 0 Å². The first-order chi connectivity index (χ1) is 11.8. The second-order valence-corrected chi connectivity index (χ2v) is 11.6. The molecule has 0 saturated carbocycles. The van der Waals surface area contributed by atoms with Crippen molar-refractivity contribution >= 4 is 31.2 Å². The van der Waals surface area contributed by atoms with Crippen LogP contribution in [0.15, 0.2) is 41.8 Å². The highest BCUT2D eigenvalue weighted by Gasteiger charge is 2.35. The SMILES string of the molecule is Cc1cccc(CS(=O)(=O)N2CCC(c3cccs3)S(=O)(=O)CC2)c1. The van der Waals surface area contributed by atoms with Gasteiger partial charge in [-0.05, 0) is 30.4 Å². The van der Waals surface area contributed by atoms with Crippen LogP contribution in [0.5, 0.6) is 0 Å². The predicted molar refractivity (Wildman–Crippen MR) is 101 cm³/mol. The summed E-state index contributed by atoms with van der Waals surface area (Å²) in [5.74, 6) is -0.235. The molecule has 25 heavy (non-hydrogen) atoms. The zero-order valence-electron chi connectivity index (χ0n) is 14.0. The normalized spacial score (nSPS) is 21.7. The molecule has 3 rings (SSSR count). The van der Waals surface area contributed by atoms with Crippen molar-refractivity contribution in [3.8, 4) is 0 Å². The van der Waals surface area contributed by atoms with E-state index in [-0.39, 0.29) is 24.6 Å². The van der Waals surface area contributed by atoms with Crippen molar-refractivity contribution in [1.29, 1.82) is 0 Å². The number of hydrogen-bond acceptors (Lipinski definition) is 5. The van der Waals surface area contributed by atoms with Gasteiger partial charge in [0.15, 0.2) is 9.84 Å². The van der Waals surface area contributed by atoms with Gasteiger partial charge in [-0.25, -0.2) is 21.1 Å². The van der Waals surface area contributed by atoms with Crippen LogP contribution in [0.3, 0.4) is 0 Å². The number of sulfonamides is 1. The Bertz CT molecular complexity index is 934. The minimum absolute atomic E-state index is 0.0261. The number of thiophene rings is 1. The summed E-state index contributed by atoms with van der Waals surface area (Å²) in [6.07, 6.45) is 0.301. The van der Waals surface area contributed by atoms with Crippen LogP contribution in [-0.4, -0.2) is 40.0 Å². The molecule has 1 atom stereocenters. The molecule has 1 aliphatic heterocycles. The molecule has 2 heterocycles. The molecule has 0 radical (unpaired) electrons. The van der Waals surface area contributed by atoms with Crippen molar-refractivity contribution in [3.63, 3.8) is 0 Å². The summed E-state index contributed by atoms with van der Waals surface area (Å²) < 4.78 is 52.0. The molecule has 2 aromatic rings. The van der Waals surface area contributed by atoms with Gasteiger partial charge in [0.25, 0.3) is 0 Å². The average Bonchev–Trinajstić information content (AvgIpc) is 2.98. The molecule has 0 bridgehead atoms. The molecule has 8 heteroatoms. The van der Waals surface area contributed by atoms with Crippen molar-refractivity contribution < 1.29 is 16.8 Å². The van der Waals surface area contributed by atoms with E-state index >= 15 is 0 Å². The van der Waals surface area contributed by atoms with E-state index in [4.69, 9.17) is 0 Å². The highest BCUT2D eigenvalue weighted by Crippen LogP contribution is 2.33. The van der Waals surface area contributed by atoms with E-state index in [1.807, 2.05) is 42.6 Å². The fraction of sp³-hybridized carbons (Fsp3) is 0.412. The molecule has 1 aromatic carbocycles. The smallest absolute Gasteiger partial charge is 0.218 e. The molecular formula is C17H21NO4S3. The van der Waals surface area contributed by atoms with Gasteiger partial charge in [-0.3, -0.25) is 0 Å². The Balaban J connectivity index is 1.80. The van der Waals surface area contributed by atoms with E-state index in [0.717, 1.165) is 16.0 Å². The lowest BCUT2D eigenvalue weighted by Crippen LogP contribution is -2.34. The Morgan fingerprint density at radius 2 is 2.00 bits per heavy atom. The average molecular weight is 400 g/mol. The molecule has 1 saturated heterocycles. The minimum atomic E-state index is -3.55. The summed E-state index contributed by atoms with van der Waals surface area (Å²) >= 11 is 1.41. The number of benzene rings is 1. The zero-order valence-corrected chi connectivity index (χ0v) is 16.4. The van der Waals surface area contributed by atoms with Crippen LogP contribution in [0.25, 0.3) is 0 Å². The van der Waals surface area contributed by atoms with Gasteiger partial charge in [-0.15, -0.1) is 11.3 Å². The van der Waals surface area contributed by atoms with Crippen LogP contribution < -0.4 is 0 Å². The van der Waals surface area contributed by atoms with Gasteiger partial charge in [-0.2, -0.15) is 0 Å². The summed E-state index contributed by atoms with van der Waals surface area (Å²) in [5.41, 5.74) is 1.73. The van der Waals surface area contributed by atoms with Gasteiger partial charge in [-0.1, -0.05) is 35.9 Å². The van der Waals surface area contributed by atoms with Gasteiger partial charge in [0, 0.05) is 18.0 Å². The fourth-order valence-corrected chi connectivity index (χ4v) is 7.76. The van der Waals surface area contributed by atoms with Crippen LogP contribution >= 0.6 is 11.3 Å². The number of rotatable bonds is 4. The fourth-order valence-electron chi connectivity index (χ4n) is 3.10. The molecule has 1 fully saturated rings. The van der Waals surface area contributed by atoms with Crippen LogP contribution in [-0.2, 0) is 25.6 Å². The van der Waals surface area contributed by atoms with Crippen molar-refractivity contribution in [2.45, 2.75) is 24.3 Å². The highest BCUT2D eigenvalue weighted by atomic mass is 32.2. The maximum Gasteiger partial charge on any atom is 0.218 e. The Kier molecular flexibility index (Phi) is 5.34. The van der Waals surface area contributed by atoms with E-state index in [1.54, 1.807) is 6.07 Å². The molecule has 1 aromatic heterocycles. The predicted octanol–water partition coefficient (Wildman–Crippen LogP) is 2.75. The van der Waals surface area contributed by atoms with E-state index in [9.17, 15) is 16.8 Å². The van der Waals surface area contributed by atoms with Gasteiger partial charge < -0.3 is 0 Å². The molecule has 5 nitrogen and oxygen atoms in total. The van der Waals surface area contributed by atoms with E-state index in [2.05, 4.69) is 0 Å². The number of nitrogens with zero attached hydrogens (tertiary/aromatic N) is 1. The van der Waals surface area contributed by atoms with Crippen LogP contribution in [0.4, 0.5) is 0 Å². The molecule has 1 aliphatic rings. The Labute approximate surface area is 153 Å². The minimum Gasteiger partial charge on any atom is -0.228 e. The topological polar surface area (TPSA) is 71.5 Å². The highest BCUT2D eigenvalue weighted by molar-refractivity contribution is 7.92. The number of hydrogen-bond donors (Lipinski definition) is 0. The van der Waals surface area contributed by atoms with Crippen molar-refractivity contribution in [2.75, 3.05) is 18.8 Å². The zero-order chi connectivity index (χ0) is 18.1. The maximum atomic E-state index is 12.8. The first kappa shape index (κ1) is 18.6. The monoisotopic (exact) mass is 399 g/mol. The van der Waals surface area contributed by atoms with E-state index < -0.39 is 25.1 Å². The summed E-state index contributed by atoms with van der Waals surface area (Å²) in [6, 6.07) is 11.0. The Hall–Kier alpha value is -1.22. The van der Waals surface area contributed by atoms with Gasteiger partial charge in [0.2, 0.25) is 10.0 Å². The van der Waals surface area contributed by atoms with Crippen molar-refractivity contribution in [3.05, 3.63) is 57.8 Å². The largest absolute Gasteiger partial charge is 0.228 e. The lowest BCUT2D eigenvalue weighted by atomic mass is 10.2. The van der Waals surface area contributed by atoms with Gasteiger partial charge in [0.1, 0.15) is 0 Å². The van der Waals surface area contributed by atoms with E-state index in [0.29, 0.717) is 6.42 Å². The molecule has 0 N–H and O–H groups in total. The summed E-state index contributed by atoms with van der Waals surface area (Å²) in [6.45, 7) is 2.18. The van der Waals surface area contributed by atoms with Crippen molar-refractivity contribution in [1.82, 2.24) is 4.31 Å². The van der Waals surface area contributed by atoms with Crippen molar-refractivity contribution in [2.24, 2.45) is 0 Å². The quantitative estimate of drug-likeness (QED) is 0.793. The third-order valence-electron chi connectivity index (χ3n) is 4.38. The second kappa shape index (κ2) is 7.19. The number of aryl methyl sites for hydroxylation is 1. The van der Waals surface area contributed by atoms with E-state index in [1.165, 1.54) is 15.6 Å². The molecular weight excluding hydrogens is 378 g/mol. The lowest BCUT2D eigenvalue weighted by molar-refractivity contribution is 0.428. The molecule has 0 amide bonds. The van der Waals surface area contributed by atoms with Gasteiger partial charge in [0.05, 0.1) is 16.8 Å². The standard InChI is InChI=1S/C17H21NO4S3/c1-14-4-2-5-15(12-14)13-25(21,22)18-8-7-17(16-6-3-10-23-16)24(19,20)11-9-18/h2-6,10,12,17H,7-9,11,13H2,1H3. The molecule has 0 spiro atoms. The summed E-state index contributed by atoms with van der Waals surface area (Å²) in [5, 5.41) is 1.24. The third kappa shape index (κ3) is 4.31. The Morgan fingerprint density at radius 3 is 2.68 bits per heavy atom. The van der Waals surface area contributed by atoms with Gasteiger partial charge >= 0.3 is 0 Å². The Morgan fingerprint density at radius 1 is 1.20 bits per heavy atom. The molecule has 136 valence electrons. The summed E-state index contributed by atoms with van der Waals surface area (Å²) in [4.78, 5) is 0.790. The maximum absolute atomic E-state index is 12.8. The molecule has 1 unspecified atom stereocenters. The lowest BCUT2D eigenvalue weighted by Gasteiger charge is -2.19.